The molecule has 0 bridgehead atoms. The van der Waals surface area contributed by atoms with Crippen molar-refractivity contribution in [3.63, 3.8) is 0 Å². The number of halogens is 2. The minimum atomic E-state index is -3.49. The van der Waals surface area contributed by atoms with Gasteiger partial charge < -0.3 is 4.74 Å². The average Bonchev–Trinajstić information content (AvgIpc) is 2.45. The number of alkyl halides is 2. The third-order valence-corrected chi connectivity index (χ3v) is 4.45. The van der Waals surface area contributed by atoms with Crippen LogP contribution in [0.1, 0.15) is 49.2 Å². The van der Waals surface area contributed by atoms with Gasteiger partial charge in [-0.25, -0.2) is 13.8 Å². The van der Waals surface area contributed by atoms with Gasteiger partial charge in [-0.3, -0.25) is 4.18 Å². The molecule has 1 heterocycles. The van der Waals surface area contributed by atoms with Crippen LogP contribution in [0.2, 0.25) is 0 Å². The first-order chi connectivity index (χ1) is 10.3. The minimum Gasteiger partial charge on any atom is -0.481 e. The molecule has 0 spiro atoms. The van der Waals surface area contributed by atoms with Crippen molar-refractivity contribution in [2.75, 3.05) is 13.4 Å². The van der Waals surface area contributed by atoms with Crippen molar-refractivity contribution in [2.45, 2.75) is 44.1 Å². The van der Waals surface area contributed by atoms with E-state index in [1.54, 1.807) is 6.07 Å². The molecule has 0 atom stereocenters. The number of nitrogens with zero attached hydrogens (tertiary/aromatic N) is 1. The van der Waals surface area contributed by atoms with Gasteiger partial charge in [0.25, 0.3) is 16.5 Å². The highest BCUT2D eigenvalue weighted by Gasteiger charge is 2.30. The van der Waals surface area contributed by atoms with Crippen molar-refractivity contribution in [2.24, 2.45) is 0 Å². The van der Waals surface area contributed by atoms with E-state index in [9.17, 15) is 17.2 Å². The fourth-order valence-corrected chi connectivity index (χ4v) is 3.61. The van der Waals surface area contributed by atoms with E-state index < -0.39 is 16.5 Å². The van der Waals surface area contributed by atoms with Gasteiger partial charge in [-0.2, -0.15) is 8.42 Å². The molecule has 1 aromatic rings. The predicted octanol–water partition coefficient (Wildman–Crippen LogP) is 3.03. The molecule has 124 valence electrons. The molecule has 0 aliphatic heterocycles. The highest BCUT2D eigenvalue weighted by molar-refractivity contribution is 7.86. The predicted molar refractivity (Wildman–Crippen MR) is 76.7 cm³/mol. The van der Waals surface area contributed by atoms with Crippen LogP contribution < -0.4 is 4.74 Å². The van der Waals surface area contributed by atoms with Crippen molar-refractivity contribution in [3.8, 4) is 5.88 Å². The van der Waals surface area contributed by atoms with Gasteiger partial charge in [0.15, 0.2) is 0 Å². The number of aromatic nitrogens is 1. The highest BCUT2D eigenvalue weighted by atomic mass is 32.2. The molecule has 2 rings (SSSR count). The maximum atomic E-state index is 13.3. The van der Waals surface area contributed by atoms with Gasteiger partial charge in [-0.05, 0) is 43.2 Å². The van der Waals surface area contributed by atoms with Crippen LogP contribution >= 0.6 is 0 Å². The van der Waals surface area contributed by atoms with E-state index in [0.717, 1.165) is 6.26 Å². The molecular formula is C14H19F2NO4S. The highest BCUT2D eigenvalue weighted by Crippen LogP contribution is 2.41. The molecule has 22 heavy (non-hydrogen) atoms. The monoisotopic (exact) mass is 335 g/mol. The molecule has 8 heteroatoms. The van der Waals surface area contributed by atoms with Gasteiger partial charge in [0.05, 0.1) is 25.0 Å². The van der Waals surface area contributed by atoms with Gasteiger partial charge in [0.2, 0.25) is 5.88 Å². The standard InChI is InChI=1S/C14H19F2NO4S/c1-20-14-12(13(15)16)11(7-8-17-14)9-3-5-10(6-4-9)21-22(2,18)19/h7-10,13H,3-6H2,1-2H3. The normalized spacial score (nSPS) is 22.8. The average molecular weight is 335 g/mol. The molecule has 0 aromatic carbocycles. The Balaban J connectivity index is 2.15. The van der Waals surface area contributed by atoms with Gasteiger partial charge in [0, 0.05) is 6.20 Å². The number of pyridine rings is 1. The lowest BCUT2D eigenvalue weighted by molar-refractivity contribution is 0.138. The number of rotatable bonds is 5. The number of hydrogen-bond donors (Lipinski definition) is 0. The summed E-state index contributed by atoms with van der Waals surface area (Å²) in [5, 5.41) is 0. The molecule has 0 N–H and O–H groups in total. The van der Waals surface area contributed by atoms with Crippen LogP contribution in [0, 0.1) is 0 Å². The first-order valence-corrected chi connectivity index (χ1v) is 8.82. The third kappa shape index (κ3) is 4.13. The molecule has 1 aliphatic rings. The Kier molecular flexibility index (Phi) is 5.33. The van der Waals surface area contributed by atoms with Gasteiger partial charge >= 0.3 is 0 Å². The second kappa shape index (κ2) is 6.87. The van der Waals surface area contributed by atoms with Gasteiger partial charge in [0.1, 0.15) is 0 Å². The smallest absolute Gasteiger partial charge is 0.269 e. The van der Waals surface area contributed by atoms with Crippen LogP contribution in [-0.4, -0.2) is 32.9 Å². The minimum absolute atomic E-state index is 0.0537. The molecule has 5 nitrogen and oxygen atoms in total. The molecule has 0 unspecified atom stereocenters. The Morgan fingerprint density at radius 3 is 2.41 bits per heavy atom. The molecule has 0 amide bonds. The van der Waals surface area contributed by atoms with E-state index >= 15 is 0 Å². The van der Waals surface area contributed by atoms with E-state index in [2.05, 4.69) is 4.98 Å². The Hall–Kier alpha value is -1.28. The van der Waals surface area contributed by atoms with Crippen LogP contribution in [0.4, 0.5) is 8.78 Å². The summed E-state index contributed by atoms with van der Waals surface area (Å²) in [4.78, 5) is 3.83. The Morgan fingerprint density at radius 1 is 1.27 bits per heavy atom. The topological polar surface area (TPSA) is 65.5 Å². The zero-order valence-corrected chi connectivity index (χ0v) is 13.3. The molecule has 1 saturated carbocycles. The van der Waals surface area contributed by atoms with E-state index in [4.69, 9.17) is 8.92 Å². The fourth-order valence-electron chi connectivity index (χ4n) is 2.92. The Bertz CT molecular complexity index is 613. The summed E-state index contributed by atoms with van der Waals surface area (Å²) < 4.78 is 58.8. The first kappa shape index (κ1) is 17.1. The lowest BCUT2D eigenvalue weighted by atomic mass is 9.81. The van der Waals surface area contributed by atoms with Gasteiger partial charge in [-0.1, -0.05) is 0 Å². The largest absolute Gasteiger partial charge is 0.481 e. The maximum absolute atomic E-state index is 13.3. The Morgan fingerprint density at radius 2 is 1.91 bits per heavy atom. The van der Waals surface area contributed by atoms with Crippen molar-refractivity contribution >= 4 is 10.1 Å². The molecule has 1 aromatic heterocycles. The second-order valence-electron chi connectivity index (χ2n) is 5.40. The summed E-state index contributed by atoms with van der Waals surface area (Å²) in [5.41, 5.74) is 0.358. The van der Waals surface area contributed by atoms with Crippen molar-refractivity contribution in [1.82, 2.24) is 4.98 Å². The third-order valence-electron chi connectivity index (χ3n) is 3.82. The van der Waals surface area contributed by atoms with Crippen molar-refractivity contribution in [3.05, 3.63) is 23.4 Å². The summed E-state index contributed by atoms with van der Waals surface area (Å²) in [6.07, 6.45) is 1.66. The second-order valence-corrected chi connectivity index (χ2v) is 7.00. The lowest BCUT2D eigenvalue weighted by Gasteiger charge is -2.29. The quantitative estimate of drug-likeness (QED) is 0.774. The summed E-state index contributed by atoms with van der Waals surface area (Å²) in [6, 6.07) is 1.59. The van der Waals surface area contributed by atoms with Crippen LogP contribution in [0.5, 0.6) is 5.88 Å². The van der Waals surface area contributed by atoms with Crippen LogP contribution in [-0.2, 0) is 14.3 Å². The fraction of sp³-hybridized carbons (Fsp3) is 0.643. The molecule has 0 radical (unpaired) electrons. The van der Waals surface area contributed by atoms with E-state index in [1.807, 2.05) is 0 Å². The number of methoxy groups -OCH3 is 1. The van der Waals surface area contributed by atoms with Crippen molar-refractivity contribution in [1.29, 1.82) is 0 Å². The van der Waals surface area contributed by atoms with Crippen LogP contribution in [0.25, 0.3) is 0 Å². The van der Waals surface area contributed by atoms with Crippen LogP contribution in [0.3, 0.4) is 0 Å². The SMILES string of the molecule is COc1nccc(C2CCC(OS(C)(=O)=O)CC2)c1C(F)F. The van der Waals surface area contributed by atoms with E-state index in [0.29, 0.717) is 31.2 Å². The molecular weight excluding hydrogens is 316 g/mol. The van der Waals surface area contributed by atoms with Crippen molar-refractivity contribution < 1.29 is 26.1 Å². The number of hydrogen-bond acceptors (Lipinski definition) is 5. The lowest BCUT2D eigenvalue weighted by Crippen LogP contribution is -2.24. The van der Waals surface area contributed by atoms with E-state index in [1.165, 1.54) is 13.3 Å². The zero-order chi connectivity index (χ0) is 16.3. The van der Waals surface area contributed by atoms with E-state index in [-0.39, 0.29) is 23.5 Å². The maximum Gasteiger partial charge on any atom is 0.269 e. The first-order valence-electron chi connectivity index (χ1n) is 7.01. The summed E-state index contributed by atoms with van der Waals surface area (Å²) >= 11 is 0. The Labute approximate surface area is 128 Å². The number of ether oxygens (including phenoxy) is 1. The molecule has 1 fully saturated rings. The van der Waals surface area contributed by atoms with Crippen LogP contribution in [0.15, 0.2) is 12.3 Å². The summed E-state index contributed by atoms with van der Waals surface area (Å²) in [6.45, 7) is 0. The summed E-state index contributed by atoms with van der Waals surface area (Å²) in [5.74, 6) is -0.123. The molecule has 0 saturated heterocycles. The van der Waals surface area contributed by atoms with Gasteiger partial charge in [-0.15, -0.1) is 0 Å². The zero-order valence-electron chi connectivity index (χ0n) is 12.5. The summed E-state index contributed by atoms with van der Waals surface area (Å²) in [7, 11) is -2.17. The molecule has 1 aliphatic carbocycles.